The average Bonchev–Trinajstić information content (AvgIpc) is 2.60. The highest BCUT2D eigenvalue weighted by atomic mass is 32.2. The van der Waals surface area contributed by atoms with Crippen LogP contribution in [0.2, 0.25) is 0 Å². The predicted octanol–water partition coefficient (Wildman–Crippen LogP) is 1.90. The van der Waals surface area contributed by atoms with Gasteiger partial charge in [-0.05, 0) is 18.6 Å². The Labute approximate surface area is 115 Å². The highest BCUT2D eigenvalue weighted by Gasteiger charge is 2.29. The van der Waals surface area contributed by atoms with Crippen molar-refractivity contribution < 1.29 is 4.79 Å². The van der Waals surface area contributed by atoms with Crippen LogP contribution >= 0.6 is 11.8 Å². The third kappa shape index (κ3) is 2.12. The number of pyridine rings is 1. The summed E-state index contributed by atoms with van der Waals surface area (Å²) in [5.74, 6) is 1.25. The van der Waals surface area contributed by atoms with Gasteiger partial charge in [0.25, 0.3) is 0 Å². The van der Waals surface area contributed by atoms with Crippen LogP contribution < -0.4 is 5.32 Å². The van der Waals surface area contributed by atoms with Crippen LogP contribution in [0.3, 0.4) is 0 Å². The zero-order valence-electron chi connectivity index (χ0n) is 10.8. The molecule has 19 heavy (non-hydrogen) atoms. The van der Waals surface area contributed by atoms with E-state index >= 15 is 0 Å². The SMILES string of the molecule is Cc1nn(C)c2c1C(c1cccnc1)SCC(=O)N2. The second-order valence-corrected chi connectivity index (χ2v) is 5.59. The molecule has 6 heteroatoms. The molecule has 0 saturated carbocycles. The molecule has 1 atom stereocenters. The van der Waals surface area contributed by atoms with Crippen molar-refractivity contribution in [2.45, 2.75) is 12.2 Å². The summed E-state index contributed by atoms with van der Waals surface area (Å²) in [6, 6.07) is 3.96. The van der Waals surface area contributed by atoms with E-state index in [1.807, 2.05) is 32.3 Å². The molecule has 1 amide bonds. The first-order chi connectivity index (χ1) is 9.16. The largest absolute Gasteiger partial charge is 0.310 e. The number of fused-ring (bicyclic) bond motifs is 1. The predicted molar refractivity (Wildman–Crippen MR) is 75.1 cm³/mol. The number of aryl methyl sites for hydroxylation is 2. The molecule has 2 aromatic rings. The second kappa shape index (κ2) is 4.70. The number of carbonyl (C=O) groups excluding carboxylic acids is 1. The molecule has 2 aromatic heterocycles. The first kappa shape index (κ1) is 12.2. The number of nitrogens with one attached hydrogen (secondary N) is 1. The van der Waals surface area contributed by atoms with Crippen molar-refractivity contribution in [3.63, 3.8) is 0 Å². The Morgan fingerprint density at radius 2 is 2.37 bits per heavy atom. The lowest BCUT2D eigenvalue weighted by Crippen LogP contribution is -2.15. The van der Waals surface area contributed by atoms with Gasteiger partial charge in [0, 0.05) is 25.0 Å². The third-order valence-electron chi connectivity index (χ3n) is 3.16. The summed E-state index contributed by atoms with van der Waals surface area (Å²) in [6.45, 7) is 1.97. The van der Waals surface area contributed by atoms with Crippen molar-refractivity contribution in [3.8, 4) is 0 Å². The van der Waals surface area contributed by atoms with Crippen LogP contribution in [-0.2, 0) is 11.8 Å². The zero-order valence-corrected chi connectivity index (χ0v) is 11.6. The molecule has 1 N–H and O–H groups in total. The van der Waals surface area contributed by atoms with Crippen molar-refractivity contribution in [3.05, 3.63) is 41.3 Å². The van der Waals surface area contributed by atoms with Gasteiger partial charge in [0.1, 0.15) is 5.82 Å². The van der Waals surface area contributed by atoms with E-state index in [9.17, 15) is 4.79 Å². The van der Waals surface area contributed by atoms with Crippen molar-refractivity contribution in [2.75, 3.05) is 11.1 Å². The average molecular weight is 274 g/mol. The summed E-state index contributed by atoms with van der Waals surface area (Å²) in [5, 5.41) is 7.44. The maximum Gasteiger partial charge on any atom is 0.235 e. The van der Waals surface area contributed by atoms with Gasteiger partial charge in [0.2, 0.25) is 5.91 Å². The summed E-state index contributed by atoms with van der Waals surface area (Å²) in [6.07, 6.45) is 3.61. The van der Waals surface area contributed by atoms with Gasteiger partial charge >= 0.3 is 0 Å². The highest BCUT2D eigenvalue weighted by Crippen LogP contribution is 2.42. The van der Waals surface area contributed by atoms with E-state index in [0.29, 0.717) is 5.75 Å². The van der Waals surface area contributed by atoms with Crippen LogP contribution in [0, 0.1) is 6.92 Å². The summed E-state index contributed by atoms with van der Waals surface area (Å²) in [4.78, 5) is 16.0. The van der Waals surface area contributed by atoms with Gasteiger partial charge in [0.05, 0.1) is 16.7 Å². The number of thioether (sulfide) groups is 1. The Morgan fingerprint density at radius 3 is 3.11 bits per heavy atom. The number of hydrogen-bond acceptors (Lipinski definition) is 4. The first-order valence-corrected chi connectivity index (χ1v) is 7.06. The molecule has 1 unspecified atom stereocenters. The Hall–Kier alpha value is -1.82. The monoisotopic (exact) mass is 274 g/mol. The third-order valence-corrected chi connectivity index (χ3v) is 4.43. The molecule has 0 saturated heterocycles. The second-order valence-electron chi connectivity index (χ2n) is 4.50. The number of rotatable bonds is 1. The van der Waals surface area contributed by atoms with Crippen LogP contribution in [0.25, 0.3) is 0 Å². The van der Waals surface area contributed by atoms with E-state index < -0.39 is 0 Å². The lowest BCUT2D eigenvalue weighted by molar-refractivity contribution is -0.113. The fraction of sp³-hybridized carbons (Fsp3) is 0.308. The Bertz CT molecular complexity index is 623. The first-order valence-electron chi connectivity index (χ1n) is 6.01. The molecule has 0 aromatic carbocycles. The molecule has 1 aliphatic heterocycles. The smallest absolute Gasteiger partial charge is 0.235 e. The highest BCUT2D eigenvalue weighted by molar-refractivity contribution is 8.00. The standard InChI is InChI=1S/C13H14N4OS/c1-8-11-12(9-4-3-5-14-6-9)19-7-10(18)15-13(11)17(2)16-8/h3-6,12H,7H2,1-2H3,(H,15,18). The van der Waals surface area contributed by atoms with Gasteiger partial charge in [-0.3, -0.25) is 14.5 Å². The number of amides is 1. The summed E-state index contributed by atoms with van der Waals surface area (Å²) in [5.41, 5.74) is 3.12. The molecule has 3 rings (SSSR count). The van der Waals surface area contributed by atoms with E-state index in [4.69, 9.17) is 0 Å². The molecule has 1 aliphatic rings. The number of aromatic nitrogens is 3. The molecule has 0 aliphatic carbocycles. The van der Waals surface area contributed by atoms with Crippen LogP contribution in [0.15, 0.2) is 24.5 Å². The number of anilines is 1. The summed E-state index contributed by atoms with van der Waals surface area (Å²) >= 11 is 1.61. The lowest BCUT2D eigenvalue weighted by Gasteiger charge is -2.14. The summed E-state index contributed by atoms with van der Waals surface area (Å²) in [7, 11) is 1.85. The quantitative estimate of drug-likeness (QED) is 0.863. The minimum absolute atomic E-state index is 0.0145. The summed E-state index contributed by atoms with van der Waals surface area (Å²) < 4.78 is 1.73. The van der Waals surface area contributed by atoms with Gasteiger partial charge in [-0.1, -0.05) is 6.07 Å². The lowest BCUT2D eigenvalue weighted by atomic mass is 10.1. The van der Waals surface area contributed by atoms with E-state index in [1.54, 1.807) is 22.6 Å². The van der Waals surface area contributed by atoms with Crippen molar-refractivity contribution in [1.29, 1.82) is 0 Å². The molecule has 0 fully saturated rings. The maximum absolute atomic E-state index is 11.8. The molecule has 98 valence electrons. The number of hydrogen-bond donors (Lipinski definition) is 1. The van der Waals surface area contributed by atoms with Gasteiger partial charge in [0.15, 0.2) is 0 Å². The minimum Gasteiger partial charge on any atom is -0.310 e. The van der Waals surface area contributed by atoms with Crippen LogP contribution in [-0.4, -0.2) is 26.4 Å². The van der Waals surface area contributed by atoms with Gasteiger partial charge in [-0.15, -0.1) is 11.8 Å². The van der Waals surface area contributed by atoms with Gasteiger partial charge in [-0.2, -0.15) is 5.10 Å². The zero-order chi connectivity index (χ0) is 13.4. The molecule has 0 radical (unpaired) electrons. The molecular weight excluding hydrogens is 260 g/mol. The molecular formula is C13H14N4OS. The minimum atomic E-state index is 0.0145. The van der Waals surface area contributed by atoms with Gasteiger partial charge < -0.3 is 5.32 Å². The fourth-order valence-electron chi connectivity index (χ4n) is 2.34. The molecule has 0 bridgehead atoms. The number of carbonyl (C=O) groups is 1. The Balaban J connectivity index is 2.15. The Kier molecular flexibility index (Phi) is 3.02. The van der Waals surface area contributed by atoms with Crippen LogP contribution in [0.1, 0.15) is 22.1 Å². The van der Waals surface area contributed by atoms with E-state index in [2.05, 4.69) is 15.4 Å². The van der Waals surface area contributed by atoms with E-state index in [0.717, 1.165) is 22.6 Å². The van der Waals surface area contributed by atoms with Crippen molar-refractivity contribution in [1.82, 2.24) is 14.8 Å². The Morgan fingerprint density at radius 1 is 1.53 bits per heavy atom. The van der Waals surface area contributed by atoms with E-state index in [1.165, 1.54) is 0 Å². The van der Waals surface area contributed by atoms with Gasteiger partial charge in [-0.25, -0.2) is 0 Å². The van der Waals surface area contributed by atoms with Crippen LogP contribution in [0.4, 0.5) is 5.82 Å². The number of nitrogens with zero attached hydrogens (tertiary/aromatic N) is 3. The van der Waals surface area contributed by atoms with Crippen molar-refractivity contribution in [2.24, 2.45) is 7.05 Å². The molecule has 0 spiro atoms. The molecule has 5 nitrogen and oxygen atoms in total. The topological polar surface area (TPSA) is 59.8 Å². The van der Waals surface area contributed by atoms with E-state index in [-0.39, 0.29) is 11.2 Å². The van der Waals surface area contributed by atoms with Crippen LogP contribution in [0.5, 0.6) is 0 Å². The maximum atomic E-state index is 11.8. The molecule has 3 heterocycles. The fourth-order valence-corrected chi connectivity index (χ4v) is 3.51. The van der Waals surface area contributed by atoms with Crippen molar-refractivity contribution >= 4 is 23.5 Å². The normalized spacial score (nSPS) is 18.6.